The standard InChI is InChI=1S/C14H13F2N3O/c15-13(16)20-11-5-1-9(2-6-11)12-7-8-17-14(19-12)18-10-3-4-10/h1-2,5-8,10,13H,3-4H2,(H,17,18,19). The van der Waals surface area contributed by atoms with Gasteiger partial charge in [0, 0.05) is 17.8 Å². The topological polar surface area (TPSA) is 47.0 Å². The fourth-order valence-corrected chi connectivity index (χ4v) is 1.81. The van der Waals surface area contributed by atoms with E-state index in [1.54, 1.807) is 24.4 Å². The normalized spacial score (nSPS) is 14.3. The predicted molar refractivity (Wildman–Crippen MR) is 70.7 cm³/mol. The van der Waals surface area contributed by atoms with Crippen LogP contribution in [-0.2, 0) is 0 Å². The van der Waals surface area contributed by atoms with Crippen molar-refractivity contribution in [2.75, 3.05) is 5.32 Å². The zero-order valence-corrected chi connectivity index (χ0v) is 10.6. The molecule has 6 heteroatoms. The Hall–Kier alpha value is -2.24. The van der Waals surface area contributed by atoms with Crippen LogP contribution in [-0.4, -0.2) is 22.6 Å². The molecule has 0 atom stereocenters. The number of benzene rings is 1. The Morgan fingerprint density at radius 3 is 2.55 bits per heavy atom. The highest BCUT2D eigenvalue weighted by Gasteiger charge is 2.21. The summed E-state index contributed by atoms with van der Waals surface area (Å²) in [5.41, 5.74) is 1.57. The van der Waals surface area contributed by atoms with E-state index < -0.39 is 6.61 Å². The number of hydrogen-bond donors (Lipinski definition) is 1. The van der Waals surface area contributed by atoms with Crippen LogP contribution in [0.5, 0.6) is 5.75 Å². The SMILES string of the molecule is FC(F)Oc1ccc(-c2ccnc(NC3CC3)n2)cc1. The quantitative estimate of drug-likeness (QED) is 0.910. The van der Waals surface area contributed by atoms with Gasteiger partial charge in [0.15, 0.2) is 0 Å². The van der Waals surface area contributed by atoms with Gasteiger partial charge in [-0.25, -0.2) is 9.97 Å². The molecule has 1 aromatic heterocycles. The van der Waals surface area contributed by atoms with Gasteiger partial charge in [-0.3, -0.25) is 0 Å². The zero-order chi connectivity index (χ0) is 13.9. The van der Waals surface area contributed by atoms with Crippen molar-refractivity contribution < 1.29 is 13.5 Å². The number of halogens is 2. The molecule has 1 saturated carbocycles. The minimum absolute atomic E-state index is 0.133. The second-order valence-electron chi connectivity index (χ2n) is 4.59. The van der Waals surface area contributed by atoms with Crippen molar-refractivity contribution in [1.29, 1.82) is 0 Å². The summed E-state index contributed by atoms with van der Waals surface area (Å²) in [6.07, 6.45) is 3.97. The monoisotopic (exact) mass is 277 g/mol. The first-order valence-corrected chi connectivity index (χ1v) is 6.35. The van der Waals surface area contributed by atoms with Gasteiger partial charge in [-0.05, 0) is 43.2 Å². The highest BCUT2D eigenvalue weighted by Crippen LogP contribution is 2.25. The van der Waals surface area contributed by atoms with Gasteiger partial charge in [-0.1, -0.05) is 0 Å². The summed E-state index contributed by atoms with van der Waals surface area (Å²) in [6, 6.07) is 8.64. The molecule has 2 aromatic rings. The van der Waals surface area contributed by atoms with E-state index in [1.807, 2.05) is 0 Å². The average Bonchev–Trinajstić information content (AvgIpc) is 3.23. The molecule has 0 saturated heterocycles. The lowest BCUT2D eigenvalue weighted by atomic mass is 10.1. The first-order valence-electron chi connectivity index (χ1n) is 6.35. The summed E-state index contributed by atoms with van der Waals surface area (Å²) in [5.74, 6) is 0.729. The zero-order valence-electron chi connectivity index (χ0n) is 10.6. The van der Waals surface area contributed by atoms with E-state index in [0.29, 0.717) is 12.0 Å². The van der Waals surface area contributed by atoms with Crippen LogP contribution in [0.4, 0.5) is 14.7 Å². The molecule has 4 nitrogen and oxygen atoms in total. The fraction of sp³-hybridized carbons (Fsp3) is 0.286. The average molecular weight is 277 g/mol. The van der Waals surface area contributed by atoms with Gasteiger partial charge in [-0.15, -0.1) is 0 Å². The van der Waals surface area contributed by atoms with Crippen LogP contribution in [0, 0.1) is 0 Å². The van der Waals surface area contributed by atoms with E-state index in [4.69, 9.17) is 0 Å². The van der Waals surface area contributed by atoms with Crippen molar-refractivity contribution in [2.45, 2.75) is 25.5 Å². The number of anilines is 1. The number of alkyl halides is 2. The maximum atomic E-state index is 12.1. The van der Waals surface area contributed by atoms with Crippen LogP contribution >= 0.6 is 0 Å². The summed E-state index contributed by atoms with van der Waals surface area (Å²) in [4.78, 5) is 8.56. The van der Waals surface area contributed by atoms with Gasteiger partial charge in [0.05, 0.1) is 5.69 Å². The Labute approximate surface area is 114 Å². The molecule has 1 N–H and O–H groups in total. The molecule has 1 aromatic carbocycles. The molecule has 1 fully saturated rings. The van der Waals surface area contributed by atoms with Crippen molar-refractivity contribution >= 4 is 5.95 Å². The van der Waals surface area contributed by atoms with Crippen molar-refractivity contribution in [2.24, 2.45) is 0 Å². The number of nitrogens with one attached hydrogen (secondary N) is 1. The van der Waals surface area contributed by atoms with Gasteiger partial charge < -0.3 is 10.1 Å². The van der Waals surface area contributed by atoms with Crippen LogP contribution in [0.15, 0.2) is 36.5 Å². The van der Waals surface area contributed by atoms with Crippen LogP contribution in [0.3, 0.4) is 0 Å². The number of rotatable bonds is 5. The summed E-state index contributed by atoms with van der Waals surface area (Å²) in [5, 5.41) is 3.22. The molecular formula is C14H13F2N3O. The van der Waals surface area contributed by atoms with Gasteiger partial charge in [0.1, 0.15) is 5.75 Å². The summed E-state index contributed by atoms with van der Waals surface area (Å²) in [7, 11) is 0. The lowest BCUT2D eigenvalue weighted by Gasteiger charge is -2.07. The fourth-order valence-electron chi connectivity index (χ4n) is 1.81. The van der Waals surface area contributed by atoms with Crippen molar-refractivity contribution in [1.82, 2.24) is 9.97 Å². The minimum atomic E-state index is -2.81. The smallest absolute Gasteiger partial charge is 0.387 e. The molecule has 20 heavy (non-hydrogen) atoms. The maximum Gasteiger partial charge on any atom is 0.387 e. The molecule has 0 unspecified atom stereocenters. The first kappa shape index (κ1) is 12.8. The van der Waals surface area contributed by atoms with E-state index in [9.17, 15) is 8.78 Å². The third-order valence-electron chi connectivity index (χ3n) is 2.94. The Balaban J connectivity index is 1.77. The third kappa shape index (κ3) is 3.20. The van der Waals surface area contributed by atoms with Crippen LogP contribution < -0.4 is 10.1 Å². The summed E-state index contributed by atoms with van der Waals surface area (Å²) in [6.45, 7) is -2.81. The van der Waals surface area contributed by atoms with Crippen LogP contribution in [0.25, 0.3) is 11.3 Å². The molecule has 1 aliphatic carbocycles. The van der Waals surface area contributed by atoms with Crippen LogP contribution in [0.2, 0.25) is 0 Å². The predicted octanol–water partition coefficient (Wildman–Crippen LogP) is 3.32. The van der Waals surface area contributed by atoms with Gasteiger partial charge in [0.2, 0.25) is 5.95 Å². The largest absolute Gasteiger partial charge is 0.435 e. The molecule has 0 amide bonds. The number of hydrogen-bond acceptors (Lipinski definition) is 4. The Morgan fingerprint density at radius 1 is 1.15 bits per heavy atom. The highest BCUT2D eigenvalue weighted by molar-refractivity contribution is 5.61. The summed E-state index contributed by atoms with van der Waals surface area (Å²) >= 11 is 0. The number of aromatic nitrogens is 2. The number of ether oxygens (including phenoxy) is 1. The third-order valence-corrected chi connectivity index (χ3v) is 2.94. The van der Waals surface area contributed by atoms with Crippen molar-refractivity contribution in [3.8, 4) is 17.0 Å². The lowest BCUT2D eigenvalue weighted by Crippen LogP contribution is -2.05. The second-order valence-corrected chi connectivity index (χ2v) is 4.59. The van der Waals surface area contributed by atoms with E-state index in [2.05, 4.69) is 20.0 Å². The molecule has 0 aliphatic heterocycles. The van der Waals surface area contributed by atoms with E-state index >= 15 is 0 Å². The highest BCUT2D eigenvalue weighted by atomic mass is 19.3. The van der Waals surface area contributed by atoms with E-state index in [0.717, 1.165) is 24.1 Å². The Kier molecular flexibility index (Phi) is 3.45. The second kappa shape index (κ2) is 5.40. The molecule has 3 rings (SSSR count). The molecule has 0 spiro atoms. The maximum absolute atomic E-state index is 12.1. The minimum Gasteiger partial charge on any atom is -0.435 e. The Bertz CT molecular complexity index is 585. The first-order chi connectivity index (χ1) is 9.70. The molecule has 1 aliphatic rings. The van der Waals surface area contributed by atoms with Crippen LogP contribution in [0.1, 0.15) is 12.8 Å². The molecular weight excluding hydrogens is 264 g/mol. The van der Waals surface area contributed by atoms with E-state index in [-0.39, 0.29) is 5.75 Å². The number of nitrogens with zero attached hydrogens (tertiary/aromatic N) is 2. The van der Waals surface area contributed by atoms with Gasteiger partial charge in [0.25, 0.3) is 0 Å². The van der Waals surface area contributed by atoms with E-state index in [1.165, 1.54) is 12.1 Å². The molecule has 0 radical (unpaired) electrons. The lowest BCUT2D eigenvalue weighted by molar-refractivity contribution is -0.0498. The molecule has 0 bridgehead atoms. The van der Waals surface area contributed by atoms with Gasteiger partial charge in [-0.2, -0.15) is 8.78 Å². The summed E-state index contributed by atoms with van der Waals surface area (Å²) < 4.78 is 28.5. The van der Waals surface area contributed by atoms with Crippen molar-refractivity contribution in [3.05, 3.63) is 36.5 Å². The molecule has 1 heterocycles. The van der Waals surface area contributed by atoms with Gasteiger partial charge >= 0.3 is 6.61 Å². The molecule has 104 valence electrons. The van der Waals surface area contributed by atoms with Crippen molar-refractivity contribution in [3.63, 3.8) is 0 Å². The Morgan fingerprint density at radius 2 is 1.90 bits per heavy atom.